The van der Waals surface area contributed by atoms with Crippen LogP contribution in [0.3, 0.4) is 0 Å². The maximum absolute atomic E-state index is 12.0. The van der Waals surface area contributed by atoms with Crippen molar-refractivity contribution in [3.63, 3.8) is 0 Å². The molecule has 126 valence electrons. The highest BCUT2D eigenvalue weighted by Gasteiger charge is 2.30. The molecule has 0 bridgehead atoms. The van der Waals surface area contributed by atoms with Crippen LogP contribution in [-0.4, -0.2) is 87.2 Å². The van der Waals surface area contributed by atoms with Crippen molar-refractivity contribution in [2.45, 2.75) is 25.3 Å². The van der Waals surface area contributed by atoms with Crippen LogP contribution >= 0.6 is 0 Å². The van der Waals surface area contributed by atoms with Gasteiger partial charge in [-0.25, -0.2) is 0 Å². The predicted octanol–water partition coefficient (Wildman–Crippen LogP) is -0.965. The number of carbonyl (C=O) groups excluding carboxylic acids is 2. The van der Waals surface area contributed by atoms with Crippen LogP contribution in [0.25, 0.3) is 0 Å². The summed E-state index contributed by atoms with van der Waals surface area (Å²) < 4.78 is 5.32. The normalized spacial score (nSPS) is 23.0. The third kappa shape index (κ3) is 5.55. The molecule has 2 heterocycles. The van der Waals surface area contributed by atoms with Gasteiger partial charge >= 0.3 is 0 Å². The average molecular weight is 312 g/mol. The van der Waals surface area contributed by atoms with Gasteiger partial charge in [-0.05, 0) is 20.0 Å². The molecule has 2 aliphatic heterocycles. The second kappa shape index (κ2) is 9.07. The van der Waals surface area contributed by atoms with Gasteiger partial charge in [0.05, 0.1) is 19.3 Å². The Labute approximate surface area is 132 Å². The van der Waals surface area contributed by atoms with Crippen molar-refractivity contribution in [2.24, 2.45) is 0 Å². The Morgan fingerprint density at radius 2 is 2.09 bits per heavy atom. The molecule has 7 nitrogen and oxygen atoms in total. The molecule has 0 radical (unpaired) electrons. The molecule has 1 unspecified atom stereocenters. The van der Waals surface area contributed by atoms with Gasteiger partial charge in [-0.3, -0.25) is 14.5 Å². The van der Waals surface area contributed by atoms with E-state index in [0.717, 1.165) is 52.4 Å². The summed E-state index contributed by atoms with van der Waals surface area (Å²) in [4.78, 5) is 28.0. The standard InChI is InChI=1S/C15H28N4O3/c1-16-4-2-3-14(20)17-13-11-15(21)19(12-13)6-5-18-7-9-22-10-8-18/h13,16H,2-12H2,1H3,(H,17,20). The van der Waals surface area contributed by atoms with Crippen molar-refractivity contribution in [2.75, 3.05) is 59.5 Å². The third-order valence-corrected chi connectivity index (χ3v) is 4.20. The first-order valence-electron chi connectivity index (χ1n) is 8.21. The topological polar surface area (TPSA) is 73.9 Å². The van der Waals surface area contributed by atoms with Crippen LogP contribution in [-0.2, 0) is 14.3 Å². The lowest BCUT2D eigenvalue weighted by Crippen LogP contribution is -2.42. The van der Waals surface area contributed by atoms with E-state index in [0.29, 0.717) is 19.4 Å². The third-order valence-electron chi connectivity index (χ3n) is 4.20. The van der Waals surface area contributed by atoms with Gasteiger partial charge in [0.1, 0.15) is 0 Å². The van der Waals surface area contributed by atoms with Gasteiger partial charge in [-0.2, -0.15) is 0 Å². The summed E-state index contributed by atoms with van der Waals surface area (Å²) in [6, 6.07) is -0.0284. The Hall–Kier alpha value is -1.18. The molecule has 2 aliphatic rings. The molecule has 1 atom stereocenters. The van der Waals surface area contributed by atoms with E-state index in [1.54, 1.807) is 0 Å². The maximum atomic E-state index is 12.0. The van der Waals surface area contributed by atoms with Gasteiger partial charge in [0.15, 0.2) is 0 Å². The number of carbonyl (C=O) groups is 2. The number of rotatable bonds is 8. The summed E-state index contributed by atoms with van der Waals surface area (Å²) >= 11 is 0. The van der Waals surface area contributed by atoms with E-state index in [9.17, 15) is 9.59 Å². The zero-order valence-corrected chi connectivity index (χ0v) is 13.5. The van der Waals surface area contributed by atoms with Crippen LogP contribution in [0.5, 0.6) is 0 Å². The Bertz CT molecular complexity index is 372. The lowest BCUT2D eigenvalue weighted by Gasteiger charge is -2.28. The first-order valence-corrected chi connectivity index (χ1v) is 8.21. The highest BCUT2D eigenvalue weighted by molar-refractivity contribution is 5.82. The molecule has 2 N–H and O–H groups in total. The van der Waals surface area contributed by atoms with Gasteiger partial charge in [-0.15, -0.1) is 0 Å². The fourth-order valence-electron chi connectivity index (χ4n) is 2.90. The molecule has 2 fully saturated rings. The monoisotopic (exact) mass is 312 g/mol. The molecule has 0 aromatic heterocycles. The first-order chi connectivity index (χ1) is 10.7. The lowest BCUT2D eigenvalue weighted by molar-refractivity contribution is -0.128. The zero-order chi connectivity index (χ0) is 15.8. The number of nitrogens with zero attached hydrogens (tertiary/aromatic N) is 2. The van der Waals surface area contributed by atoms with Crippen molar-refractivity contribution >= 4 is 11.8 Å². The SMILES string of the molecule is CNCCCC(=O)NC1CC(=O)N(CCN2CCOCC2)C1. The molecule has 2 amide bonds. The Morgan fingerprint density at radius 1 is 1.32 bits per heavy atom. The van der Waals surface area contributed by atoms with Crippen molar-refractivity contribution in [3.8, 4) is 0 Å². The molecular weight excluding hydrogens is 284 g/mol. The Kier molecular flexibility index (Phi) is 7.08. The number of likely N-dealkylation sites (tertiary alicyclic amines) is 1. The van der Waals surface area contributed by atoms with Gasteiger partial charge in [0.2, 0.25) is 11.8 Å². The molecule has 22 heavy (non-hydrogen) atoms. The van der Waals surface area contributed by atoms with Gasteiger partial charge in [0, 0.05) is 45.6 Å². The Morgan fingerprint density at radius 3 is 2.82 bits per heavy atom. The minimum absolute atomic E-state index is 0.0284. The van der Waals surface area contributed by atoms with E-state index < -0.39 is 0 Å². The van der Waals surface area contributed by atoms with E-state index >= 15 is 0 Å². The minimum Gasteiger partial charge on any atom is -0.379 e. The summed E-state index contributed by atoms with van der Waals surface area (Å²) in [7, 11) is 1.87. The van der Waals surface area contributed by atoms with E-state index in [-0.39, 0.29) is 17.9 Å². The van der Waals surface area contributed by atoms with E-state index in [1.165, 1.54) is 0 Å². The van der Waals surface area contributed by atoms with Crippen LogP contribution in [0, 0.1) is 0 Å². The average Bonchev–Trinajstić information content (AvgIpc) is 2.86. The number of amides is 2. The summed E-state index contributed by atoms with van der Waals surface area (Å²) in [5, 5.41) is 6.00. The zero-order valence-electron chi connectivity index (χ0n) is 13.5. The number of ether oxygens (including phenoxy) is 1. The molecular formula is C15H28N4O3. The maximum Gasteiger partial charge on any atom is 0.224 e. The van der Waals surface area contributed by atoms with Crippen LogP contribution in [0.2, 0.25) is 0 Å². The van der Waals surface area contributed by atoms with Crippen molar-refractivity contribution in [3.05, 3.63) is 0 Å². The van der Waals surface area contributed by atoms with Gasteiger partial charge in [0.25, 0.3) is 0 Å². The number of morpholine rings is 1. The minimum atomic E-state index is -0.0284. The van der Waals surface area contributed by atoms with Gasteiger partial charge < -0.3 is 20.3 Å². The van der Waals surface area contributed by atoms with Crippen LogP contribution in [0.15, 0.2) is 0 Å². The van der Waals surface area contributed by atoms with Crippen molar-refractivity contribution in [1.82, 2.24) is 20.4 Å². The smallest absolute Gasteiger partial charge is 0.224 e. The first kappa shape index (κ1) is 17.2. The highest BCUT2D eigenvalue weighted by Crippen LogP contribution is 2.11. The molecule has 0 aromatic carbocycles. The molecule has 2 saturated heterocycles. The highest BCUT2D eigenvalue weighted by atomic mass is 16.5. The summed E-state index contributed by atoms with van der Waals surface area (Å²) in [5.41, 5.74) is 0. The molecule has 0 aliphatic carbocycles. The molecule has 0 saturated carbocycles. The van der Waals surface area contributed by atoms with Gasteiger partial charge in [-0.1, -0.05) is 0 Å². The summed E-state index contributed by atoms with van der Waals surface area (Å²) in [6.07, 6.45) is 1.77. The molecule has 2 rings (SSSR count). The number of hydrogen-bond acceptors (Lipinski definition) is 5. The summed E-state index contributed by atoms with van der Waals surface area (Å²) in [6.45, 7) is 6.53. The van der Waals surface area contributed by atoms with Crippen LogP contribution < -0.4 is 10.6 Å². The molecule has 0 aromatic rings. The van der Waals surface area contributed by atoms with E-state index in [1.807, 2.05) is 11.9 Å². The second-order valence-corrected chi connectivity index (χ2v) is 5.97. The van der Waals surface area contributed by atoms with E-state index in [4.69, 9.17) is 4.74 Å². The fourth-order valence-corrected chi connectivity index (χ4v) is 2.90. The second-order valence-electron chi connectivity index (χ2n) is 5.97. The molecule has 0 spiro atoms. The van der Waals surface area contributed by atoms with Crippen molar-refractivity contribution in [1.29, 1.82) is 0 Å². The Balaban J connectivity index is 1.65. The van der Waals surface area contributed by atoms with Crippen LogP contribution in [0.1, 0.15) is 19.3 Å². The summed E-state index contributed by atoms with van der Waals surface area (Å²) in [5.74, 6) is 0.192. The largest absolute Gasteiger partial charge is 0.379 e. The van der Waals surface area contributed by atoms with Crippen molar-refractivity contribution < 1.29 is 14.3 Å². The van der Waals surface area contributed by atoms with Crippen LogP contribution in [0.4, 0.5) is 0 Å². The molecule has 7 heteroatoms. The number of nitrogens with one attached hydrogen (secondary N) is 2. The number of hydrogen-bond donors (Lipinski definition) is 2. The fraction of sp³-hybridized carbons (Fsp3) is 0.867. The van der Waals surface area contributed by atoms with E-state index in [2.05, 4.69) is 15.5 Å². The predicted molar refractivity (Wildman–Crippen MR) is 83.5 cm³/mol. The quantitative estimate of drug-likeness (QED) is 0.565. The lowest BCUT2D eigenvalue weighted by atomic mass is 10.2.